The van der Waals surface area contributed by atoms with Gasteiger partial charge in [-0.05, 0) is 48.6 Å². The summed E-state index contributed by atoms with van der Waals surface area (Å²) in [5.41, 5.74) is 8.82. The summed E-state index contributed by atoms with van der Waals surface area (Å²) in [5.74, 6) is 1.42. The van der Waals surface area contributed by atoms with E-state index in [1.165, 1.54) is 24.0 Å². The van der Waals surface area contributed by atoms with E-state index < -0.39 is 0 Å². The fourth-order valence-corrected chi connectivity index (χ4v) is 4.19. The molecule has 2 N–H and O–H groups in total. The van der Waals surface area contributed by atoms with E-state index in [4.69, 9.17) is 5.73 Å². The Morgan fingerprint density at radius 3 is 2.32 bits per heavy atom. The average Bonchev–Trinajstić information content (AvgIpc) is 3.08. The molecule has 0 spiro atoms. The van der Waals surface area contributed by atoms with Crippen molar-refractivity contribution in [3.63, 3.8) is 0 Å². The highest BCUT2D eigenvalue weighted by molar-refractivity contribution is 5.85. The third-order valence-corrected chi connectivity index (χ3v) is 5.49. The second kappa shape index (κ2) is 7.01. The van der Waals surface area contributed by atoms with Crippen LogP contribution >= 0.6 is 12.4 Å². The maximum absolute atomic E-state index is 12.7. The van der Waals surface area contributed by atoms with Crippen LogP contribution in [0.5, 0.6) is 0 Å². The Morgan fingerprint density at radius 1 is 1.18 bits per heavy atom. The molecule has 2 aliphatic carbocycles. The molecule has 2 saturated carbocycles. The fraction of sp³-hybridized carbons (Fsp3) is 0.611. The third-order valence-electron chi connectivity index (χ3n) is 5.49. The molecule has 3 nitrogen and oxygen atoms in total. The largest absolute Gasteiger partial charge is 0.341 e. The zero-order valence-corrected chi connectivity index (χ0v) is 14.3. The van der Waals surface area contributed by atoms with Crippen LogP contribution in [0.25, 0.3) is 0 Å². The Hall–Kier alpha value is -1.06. The molecular weight excluding hydrogens is 296 g/mol. The molecular formula is C18H27ClN2O. The van der Waals surface area contributed by atoms with E-state index in [0.717, 1.165) is 12.8 Å². The molecule has 4 heteroatoms. The molecule has 0 heterocycles. The number of rotatable bonds is 4. The van der Waals surface area contributed by atoms with Gasteiger partial charge >= 0.3 is 0 Å². The van der Waals surface area contributed by atoms with Gasteiger partial charge in [-0.1, -0.05) is 31.2 Å². The summed E-state index contributed by atoms with van der Waals surface area (Å²) in [6.45, 7) is 2.84. The van der Waals surface area contributed by atoms with E-state index in [0.29, 0.717) is 18.4 Å². The second-order valence-electron chi connectivity index (χ2n) is 6.80. The van der Waals surface area contributed by atoms with Crippen LogP contribution in [-0.2, 0) is 17.8 Å². The quantitative estimate of drug-likeness (QED) is 0.926. The number of carbonyl (C=O) groups is 1. The van der Waals surface area contributed by atoms with Gasteiger partial charge in [-0.15, -0.1) is 12.4 Å². The van der Waals surface area contributed by atoms with Crippen LogP contribution in [0.1, 0.15) is 37.3 Å². The highest BCUT2D eigenvalue weighted by Gasteiger charge is 2.49. The molecule has 2 bridgehead atoms. The molecule has 1 amide bonds. The Labute approximate surface area is 139 Å². The maximum Gasteiger partial charge on any atom is 0.227 e. The van der Waals surface area contributed by atoms with Crippen molar-refractivity contribution in [1.29, 1.82) is 0 Å². The maximum atomic E-state index is 12.7. The van der Waals surface area contributed by atoms with Gasteiger partial charge in [-0.3, -0.25) is 4.79 Å². The summed E-state index contributed by atoms with van der Waals surface area (Å²) in [5, 5.41) is 0. The molecule has 1 aromatic carbocycles. The molecule has 2 fully saturated rings. The van der Waals surface area contributed by atoms with Gasteiger partial charge in [0.05, 0.1) is 5.92 Å². The lowest BCUT2D eigenvalue weighted by Gasteiger charge is -2.30. The van der Waals surface area contributed by atoms with E-state index in [1.54, 1.807) is 0 Å². The highest BCUT2D eigenvalue weighted by atomic mass is 35.5. The minimum atomic E-state index is 0. The molecule has 3 rings (SSSR count). The summed E-state index contributed by atoms with van der Waals surface area (Å²) in [4.78, 5) is 14.6. The Bertz CT molecular complexity index is 514. The molecule has 0 radical (unpaired) electrons. The van der Waals surface area contributed by atoms with Gasteiger partial charge in [0, 0.05) is 19.6 Å². The number of nitrogens with two attached hydrogens (primary N) is 1. The van der Waals surface area contributed by atoms with Crippen molar-refractivity contribution in [2.24, 2.45) is 23.5 Å². The predicted molar refractivity (Wildman–Crippen MR) is 91.8 cm³/mol. The van der Waals surface area contributed by atoms with E-state index in [2.05, 4.69) is 31.2 Å². The molecule has 0 aliphatic heterocycles. The van der Waals surface area contributed by atoms with Crippen LogP contribution in [0.15, 0.2) is 24.3 Å². The van der Waals surface area contributed by atoms with Crippen molar-refractivity contribution in [1.82, 2.24) is 4.90 Å². The number of halogens is 1. The number of benzene rings is 1. The van der Waals surface area contributed by atoms with Crippen molar-refractivity contribution in [2.45, 2.75) is 45.2 Å². The summed E-state index contributed by atoms with van der Waals surface area (Å²) < 4.78 is 0. The molecule has 2 aliphatic rings. The summed E-state index contributed by atoms with van der Waals surface area (Å²) in [6, 6.07) is 8.64. The molecule has 4 atom stereocenters. The molecule has 4 unspecified atom stereocenters. The monoisotopic (exact) mass is 322 g/mol. The normalized spacial score (nSPS) is 29.2. The lowest BCUT2D eigenvalue weighted by atomic mass is 9.84. The summed E-state index contributed by atoms with van der Waals surface area (Å²) in [6.07, 6.45) is 4.62. The van der Waals surface area contributed by atoms with E-state index in [9.17, 15) is 4.79 Å². The topological polar surface area (TPSA) is 46.3 Å². The zero-order chi connectivity index (χ0) is 15.0. The number of hydrogen-bond donors (Lipinski definition) is 1. The van der Waals surface area contributed by atoms with Crippen LogP contribution in [-0.4, -0.2) is 23.9 Å². The van der Waals surface area contributed by atoms with Crippen LogP contribution in [0, 0.1) is 17.8 Å². The van der Waals surface area contributed by atoms with Crippen molar-refractivity contribution in [2.75, 3.05) is 7.05 Å². The van der Waals surface area contributed by atoms with Crippen LogP contribution in [0.2, 0.25) is 0 Å². The lowest BCUT2D eigenvalue weighted by Crippen LogP contribution is -2.45. The SMILES string of the molecule is CCc1ccc(CN(C)C(=O)C2C3CCC(C3)C2N)cc1.Cl. The summed E-state index contributed by atoms with van der Waals surface area (Å²) >= 11 is 0. The Kier molecular flexibility index (Phi) is 5.51. The molecule has 0 saturated heterocycles. The van der Waals surface area contributed by atoms with E-state index in [1.807, 2.05) is 11.9 Å². The fourth-order valence-electron chi connectivity index (χ4n) is 4.19. The Morgan fingerprint density at radius 2 is 1.77 bits per heavy atom. The van der Waals surface area contributed by atoms with Gasteiger partial charge in [0.2, 0.25) is 5.91 Å². The van der Waals surface area contributed by atoms with Crippen molar-refractivity contribution < 1.29 is 4.79 Å². The lowest BCUT2D eigenvalue weighted by molar-refractivity contribution is -0.137. The van der Waals surface area contributed by atoms with Gasteiger partial charge in [0.25, 0.3) is 0 Å². The molecule has 122 valence electrons. The smallest absolute Gasteiger partial charge is 0.227 e. The number of fused-ring (bicyclic) bond motifs is 2. The van der Waals surface area contributed by atoms with E-state index >= 15 is 0 Å². The molecule has 22 heavy (non-hydrogen) atoms. The Balaban J connectivity index is 0.00000176. The van der Waals surface area contributed by atoms with Crippen molar-refractivity contribution >= 4 is 18.3 Å². The zero-order valence-electron chi connectivity index (χ0n) is 13.5. The van der Waals surface area contributed by atoms with Crippen LogP contribution in [0.4, 0.5) is 0 Å². The number of aryl methyl sites for hydroxylation is 1. The first kappa shape index (κ1) is 17.3. The second-order valence-corrected chi connectivity index (χ2v) is 6.80. The van der Waals surface area contributed by atoms with Crippen LogP contribution < -0.4 is 5.73 Å². The average molecular weight is 323 g/mol. The molecule has 0 aromatic heterocycles. The predicted octanol–water partition coefficient (Wildman–Crippen LogP) is 3.00. The van der Waals surface area contributed by atoms with Crippen molar-refractivity contribution in [3.8, 4) is 0 Å². The first-order valence-electron chi connectivity index (χ1n) is 8.18. The minimum Gasteiger partial charge on any atom is -0.341 e. The number of nitrogens with zero attached hydrogens (tertiary/aromatic N) is 1. The number of hydrogen-bond acceptors (Lipinski definition) is 2. The molecule has 1 aromatic rings. The van der Waals surface area contributed by atoms with Crippen molar-refractivity contribution in [3.05, 3.63) is 35.4 Å². The van der Waals surface area contributed by atoms with E-state index in [-0.39, 0.29) is 30.3 Å². The standard InChI is InChI=1S/C18H26N2O.ClH/c1-3-12-4-6-13(7-5-12)11-20(2)18(21)16-14-8-9-15(10-14)17(16)19;/h4-7,14-17H,3,8-11,19H2,1-2H3;1H. The number of amides is 1. The number of carbonyl (C=O) groups excluding carboxylic acids is 1. The van der Waals surface area contributed by atoms with Gasteiger partial charge in [0.1, 0.15) is 0 Å². The third kappa shape index (κ3) is 3.16. The van der Waals surface area contributed by atoms with Crippen LogP contribution in [0.3, 0.4) is 0 Å². The summed E-state index contributed by atoms with van der Waals surface area (Å²) in [7, 11) is 1.91. The first-order valence-corrected chi connectivity index (χ1v) is 8.18. The van der Waals surface area contributed by atoms with Gasteiger partial charge in [-0.25, -0.2) is 0 Å². The minimum absolute atomic E-state index is 0. The highest BCUT2D eigenvalue weighted by Crippen LogP contribution is 2.48. The van der Waals surface area contributed by atoms with Gasteiger partial charge in [-0.2, -0.15) is 0 Å². The van der Waals surface area contributed by atoms with Gasteiger partial charge < -0.3 is 10.6 Å². The van der Waals surface area contributed by atoms with Gasteiger partial charge in [0.15, 0.2) is 0 Å². The first-order chi connectivity index (χ1) is 10.1.